The number of nitrogens with one attached hydrogen (secondary N) is 1. The molecule has 0 unspecified atom stereocenters. The van der Waals surface area contributed by atoms with Crippen LogP contribution in [0.3, 0.4) is 0 Å². The van der Waals surface area contributed by atoms with Gasteiger partial charge in [0.2, 0.25) is 11.5 Å². The van der Waals surface area contributed by atoms with Crippen LogP contribution in [0.5, 0.6) is 11.5 Å². The molecular formula is C26H28N5O4+. The van der Waals surface area contributed by atoms with Gasteiger partial charge in [-0.25, -0.2) is 4.57 Å². The topological polar surface area (TPSA) is 112 Å². The van der Waals surface area contributed by atoms with Gasteiger partial charge in [0, 0.05) is 24.7 Å². The second-order valence-corrected chi connectivity index (χ2v) is 8.07. The molecular weight excluding hydrogens is 446 g/mol. The fourth-order valence-corrected chi connectivity index (χ4v) is 4.06. The first kappa shape index (κ1) is 23.7. The lowest BCUT2D eigenvalue weighted by Crippen LogP contribution is -2.43. The maximum Gasteiger partial charge on any atom is 0.278 e. The molecule has 35 heavy (non-hydrogen) atoms. The third-order valence-corrected chi connectivity index (χ3v) is 5.90. The zero-order valence-corrected chi connectivity index (χ0v) is 20.0. The number of benzene rings is 1. The molecule has 3 aromatic heterocycles. The minimum absolute atomic E-state index is 0.207. The van der Waals surface area contributed by atoms with Crippen LogP contribution in [-0.2, 0) is 13.0 Å². The molecule has 180 valence electrons. The van der Waals surface area contributed by atoms with Crippen molar-refractivity contribution in [2.75, 3.05) is 26.5 Å². The first-order chi connectivity index (χ1) is 16.9. The number of nitrogen functional groups attached to an aromatic ring is 1. The molecule has 0 spiro atoms. The SMILES string of the molecule is C=CCNC(=O)c1cc2c(=O)n3cccc(C)c3nc2[n+](CCc2ccc(OC)c(OC)c2)c1N. The molecule has 0 aliphatic carbocycles. The van der Waals surface area contributed by atoms with Crippen LogP contribution in [0.2, 0.25) is 0 Å². The van der Waals surface area contributed by atoms with Crippen LogP contribution in [0.25, 0.3) is 16.7 Å². The van der Waals surface area contributed by atoms with Crippen molar-refractivity contribution in [2.45, 2.75) is 19.9 Å². The molecule has 0 saturated carbocycles. The Hall–Kier alpha value is -4.40. The molecule has 0 radical (unpaired) electrons. The van der Waals surface area contributed by atoms with E-state index < -0.39 is 5.91 Å². The Bertz CT molecular complexity index is 1510. The molecule has 3 N–H and O–H groups in total. The lowest BCUT2D eigenvalue weighted by molar-refractivity contribution is -0.658. The van der Waals surface area contributed by atoms with Crippen LogP contribution < -0.4 is 30.7 Å². The zero-order valence-electron chi connectivity index (χ0n) is 20.0. The molecule has 9 nitrogen and oxygen atoms in total. The Morgan fingerprint density at radius 1 is 1.23 bits per heavy atom. The van der Waals surface area contributed by atoms with Gasteiger partial charge in [-0.2, -0.15) is 0 Å². The highest BCUT2D eigenvalue weighted by Crippen LogP contribution is 2.27. The lowest BCUT2D eigenvalue weighted by atomic mass is 10.1. The van der Waals surface area contributed by atoms with Crippen molar-refractivity contribution in [2.24, 2.45) is 0 Å². The Morgan fingerprint density at radius 2 is 2.00 bits per heavy atom. The molecule has 0 aliphatic heterocycles. The number of amides is 1. The first-order valence-corrected chi connectivity index (χ1v) is 11.1. The minimum Gasteiger partial charge on any atom is -0.493 e. The summed E-state index contributed by atoms with van der Waals surface area (Å²) in [5.74, 6) is 1.08. The standard InChI is InChI=1S/C26H27N5O4/c1-5-11-28-25(32)18-15-19-24(29-23-16(2)7-6-12-31(23)26(19)33)30(22(18)27)13-10-17-8-9-20(34-3)21(14-17)35-4/h5-9,12,14-15,27H,1,10-11,13H2,2-4H3,(H,28,32)/p+1. The molecule has 1 amide bonds. The van der Waals surface area contributed by atoms with Gasteiger partial charge in [0.05, 0.1) is 20.8 Å². The molecule has 4 rings (SSSR count). The van der Waals surface area contributed by atoms with Crippen molar-refractivity contribution in [1.82, 2.24) is 14.7 Å². The molecule has 0 atom stereocenters. The quantitative estimate of drug-likeness (QED) is 0.230. The van der Waals surface area contributed by atoms with Gasteiger partial charge in [0.1, 0.15) is 10.9 Å². The number of methoxy groups -OCH3 is 2. The average Bonchev–Trinajstić information content (AvgIpc) is 2.87. The molecule has 9 heteroatoms. The number of hydrogen-bond acceptors (Lipinski definition) is 6. The number of hydrogen-bond donors (Lipinski definition) is 2. The summed E-state index contributed by atoms with van der Waals surface area (Å²) in [6, 6.07) is 10.9. The third-order valence-electron chi connectivity index (χ3n) is 5.90. The van der Waals surface area contributed by atoms with E-state index in [2.05, 4.69) is 11.9 Å². The highest BCUT2D eigenvalue weighted by Gasteiger charge is 2.24. The number of carbonyl (C=O) groups excluding carboxylic acids is 1. The van der Waals surface area contributed by atoms with Crippen molar-refractivity contribution >= 4 is 28.4 Å². The number of rotatable bonds is 8. The Labute approximate surface area is 202 Å². The normalized spacial score (nSPS) is 10.9. The smallest absolute Gasteiger partial charge is 0.278 e. The summed E-state index contributed by atoms with van der Waals surface area (Å²) in [7, 11) is 3.16. The Balaban J connectivity index is 1.89. The Kier molecular flexibility index (Phi) is 6.68. The van der Waals surface area contributed by atoms with Gasteiger partial charge in [-0.15, -0.1) is 6.58 Å². The highest BCUT2D eigenvalue weighted by molar-refractivity contribution is 6.00. The molecule has 0 aliphatic rings. The van der Waals surface area contributed by atoms with Crippen LogP contribution >= 0.6 is 0 Å². The number of nitrogens with two attached hydrogens (primary N) is 1. The van der Waals surface area contributed by atoms with Crippen LogP contribution in [0.4, 0.5) is 5.82 Å². The van der Waals surface area contributed by atoms with Crippen molar-refractivity contribution in [3.8, 4) is 11.5 Å². The first-order valence-electron chi connectivity index (χ1n) is 11.1. The molecule has 0 saturated heterocycles. The van der Waals surface area contributed by atoms with Crippen molar-refractivity contribution < 1.29 is 18.8 Å². The van der Waals surface area contributed by atoms with E-state index in [9.17, 15) is 9.59 Å². The van der Waals surface area contributed by atoms with Crippen LogP contribution in [0.15, 0.2) is 60.0 Å². The van der Waals surface area contributed by atoms with Gasteiger partial charge in [-0.05, 0) is 36.8 Å². The van der Waals surface area contributed by atoms with Crippen LogP contribution in [0.1, 0.15) is 21.5 Å². The summed E-state index contributed by atoms with van der Waals surface area (Å²) in [6.45, 7) is 6.18. The van der Waals surface area contributed by atoms with E-state index >= 15 is 0 Å². The number of ether oxygens (including phenoxy) is 2. The minimum atomic E-state index is -0.391. The largest absolute Gasteiger partial charge is 0.493 e. The lowest BCUT2D eigenvalue weighted by Gasteiger charge is -2.13. The van der Waals surface area contributed by atoms with Crippen LogP contribution in [-0.4, -0.2) is 36.1 Å². The zero-order chi connectivity index (χ0) is 25.1. The van der Waals surface area contributed by atoms with E-state index in [4.69, 9.17) is 20.2 Å². The monoisotopic (exact) mass is 474 g/mol. The number of nitrogens with zero attached hydrogens (tertiary/aromatic N) is 3. The fraction of sp³-hybridized carbons (Fsp3) is 0.231. The second kappa shape index (κ2) is 9.84. The summed E-state index contributed by atoms with van der Waals surface area (Å²) in [4.78, 5) is 31.1. The molecule has 3 heterocycles. The summed E-state index contributed by atoms with van der Waals surface area (Å²) in [6.07, 6.45) is 3.79. The van der Waals surface area contributed by atoms with E-state index in [0.717, 1.165) is 11.1 Å². The maximum absolute atomic E-state index is 13.4. The fourth-order valence-electron chi connectivity index (χ4n) is 4.06. The highest BCUT2D eigenvalue weighted by atomic mass is 16.5. The maximum atomic E-state index is 13.4. The third kappa shape index (κ3) is 4.40. The van der Waals surface area contributed by atoms with Gasteiger partial charge >= 0.3 is 0 Å². The molecule has 0 fully saturated rings. The number of fused-ring (bicyclic) bond motifs is 2. The number of pyridine rings is 2. The summed E-state index contributed by atoms with van der Waals surface area (Å²) in [5.41, 5.74) is 9.21. The molecule has 0 bridgehead atoms. The van der Waals surface area contributed by atoms with Crippen molar-refractivity contribution in [3.63, 3.8) is 0 Å². The van der Waals surface area contributed by atoms with Gasteiger partial charge in [0.15, 0.2) is 11.5 Å². The van der Waals surface area contributed by atoms with Gasteiger partial charge in [0.25, 0.3) is 17.1 Å². The van der Waals surface area contributed by atoms with Crippen molar-refractivity contribution in [3.05, 3.63) is 82.3 Å². The summed E-state index contributed by atoms with van der Waals surface area (Å²) >= 11 is 0. The number of aromatic nitrogens is 3. The van der Waals surface area contributed by atoms with Crippen molar-refractivity contribution in [1.29, 1.82) is 0 Å². The van der Waals surface area contributed by atoms with E-state index in [-0.39, 0.29) is 23.5 Å². The number of aryl methyl sites for hydroxylation is 3. The molecule has 1 aromatic carbocycles. The second-order valence-electron chi connectivity index (χ2n) is 8.07. The Morgan fingerprint density at radius 3 is 2.71 bits per heavy atom. The number of anilines is 1. The van der Waals surface area contributed by atoms with Gasteiger partial charge in [-0.1, -0.05) is 23.2 Å². The molecule has 4 aromatic rings. The average molecular weight is 475 g/mol. The van der Waals surface area contributed by atoms with E-state index in [0.29, 0.717) is 41.1 Å². The summed E-state index contributed by atoms with van der Waals surface area (Å²) in [5, 5.41) is 3.04. The van der Waals surface area contributed by atoms with E-state index in [1.165, 1.54) is 10.5 Å². The predicted molar refractivity (Wildman–Crippen MR) is 134 cm³/mol. The van der Waals surface area contributed by atoms with Gasteiger partial charge < -0.3 is 20.5 Å². The predicted octanol–water partition coefficient (Wildman–Crippen LogP) is 2.20. The summed E-state index contributed by atoms with van der Waals surface area (Å²) < 4.78 is 13.9. The van der Waals surface area contributed by atoms with E-state index in [1.54, 1.807) is 37.1 Å². The van der Waals surface area contributed by atoms with Crippen LogP contribution in [0, 0.1) is 6.92 Å². The van der Waals surface area contributed by atoms with Gasteiger partial charge in [-0.3, -0.25) is 14.0 Å². The number of carbonyl (C=O) groups is 1. The van der Waals surface area contributed by atoms with E-state index in [1.807, 2.05) is 31.2 Å².